The first-order valence-corrected chi connectivity index (χ1v) is 21.2. The summed E-state index contributed by atoms with van der Waals surface area (Å²) in [5.74, 6) is 0. The zero-order valence-electron chi connectivity index (χ0n) is 36.0. The molecule has 0 bridgehead atoms. The van der Waals surface area contributed by atoms with Crippen molar-refractivity contribution in [1.29, 1.82) is 0 Å². The van der Waals surface area contributed by atoms with Gasteiger partial charge in [-0.1, -0.05) is 119 Å². The van der Waals surface area contributed by atoms with Gasteiger partial charge in [0.1, 0.15) is 0 Å². The summed E-state index contributed by atoms with van der Waals surface area (Å²) in [6.45, 7) is 16.0. The van der Waals surface area contributed by atoms with Crippen molar-refractivity contribution in [1.82, 2.24) is 0 Å². The first kappa shape index (κ1) is 52.5. The van der Waals surface area contributed by atoms with Crippen LogP contribution in [0, 0.1) is 6.92 Å². The number of nitrogens with zero attached hydrogens (tertiary/aromatic N) is 4. The van der Waals surface area contributed by atoms with E-state index in [-0.39, 0.29) is 20.4 Å². The maximum atomic E-state index is 5.19. The molecule has 0 atom stereocenters. The van der Waals surface area contributed by atoms with Crippen molar-refractivity contribution in [2.24, 2.45) is 9.98 Å². The molecule has 300 valence electrons. The second-order valence-corrected chi connectivity index (χ2v) is 14.3. The van der Waals surface area contributed by atoms with Crippen molar-refractivity contribution in [3.05, 3.63) is 68.3 Å². The molecule has 2 aromatic rings. The molecule has 2 rings (SSSR count). The topological polar surface area (TPSA) is 52.9 Å². The van der Waals surface area contributed by atoms with E-state index in [1.54, 1.807) is 39.3 Å². The van der Waals surface area contributed by atoms with Crippen molar-refractivity contribution in [2.75, 3.05) is 28.2 Å². The van der Waals surface area contributed by atoms with Gasteiger partial charge in [0.05, 0.1) is 17.1 Å². The Balaban J connectivity index is 0. The van der Waals surface area contributed by atoms with Gasteiger partial charge in [-0.3, -0.25) is 9.98 Å². The van der Waals surface area contributed by atoms with Crippen LogP contribution in [0.5, 0.6) is 0 Å². The summed E-state index contributed by atoms with van der Waals surface area (Å²) >= 11 is 0. The number of hydrogen-bond donors (Lipinski definition) is 0. The number of aliphatic imine (C=N–C) groups is 2. The van der Waals surface area contributed by atoms with Crippen molar-refractivity contribution >= 4 is 23.3 Å². The minimum absolute atomic E-state index is 0. The number of rotatable bonds is 25. The molecular weight excluding hydrogens is 727 g/mol. The van der Waals surface area contributed by atoms with Gasteiger partial charge in [-0.25, -0.2) is 0 Å². The molecule has 5 heteroatoms. The minimum atomic E-state index is 0. The standard InChI is InChI=1S/C43H70N2.2C2H6N.Pd/c1-8-14-18-21-22-25-29-42-35(7)30-41(33-37(42)26-23-19-15-9-2)45-39(13-6)34-44-40-31-36(12-5)43(28-17-11-4)38(32-40)27-24-20-16-10-3;2*1-3-2;/h30-34H,8-29H2,1-7H3;2*1-2H3;/q;2*-1;+2. The van der Waals surface area contributed by atoms with Gasteiger partial charge in [-0.2, -0.15) is 28.2 Å². The molecule has 0 unspecified atom stereocenters. The zero-order valence-corrected chi connectivity index (χ0v) is 37.6. The molecule has 0 fully saturated rings. The van der Waals surface area contributed by atoms with Gasteiger partial charge in [-0.15, -0.1) is 0 Å². The van der Waals surface area contributed by atoms with Crippen molar-refractivity contribution < 1.29 is 20.4 Å². The molecule has 0 saturated carbocycles. The van der Waals surface area contributed by atoms with E-state index >= 15 is 0 Å². The molecule has 0 saturated heterocycles. The van der Waals surface area contributed by atoms with Gasteiger partial charge >= 0.3 is 20.4 Å². The van der Waals surface area contributed by atoms with E-state index in [9.17, 15) is 0 Å². The van der Waals surface area contributed by atoms with Crippen LogP contribution in [0.4, 0.5) is 11.4 Å². The molecule has 0 aliphatic carbocycles. The largest absolute Gasteiger partial charge is 2.00 e. The van der Waals surface area contributed by atoms with Crippen LogP contribution in [0.15, 0.2) is 34.3 Å². The molecule has 0 aliphatic rings. The Kier molecular flexibility index (Phi) is 36.7. The Morgan fingerprint density at radius 3 is 1.46 bits per heavy atom. The van der Waals surface area contributed by atoms with Crippen LogP contribution in [0.3, 0.4) is 0 Å². The van der Waals surface area contributed by atoms with Crippen molar-refractivity contribution in [3.8, 4) is 0 Å². The molecule has 0 radical (unpaired) electrons. The predicted molar refractivity (Wildman–Crippen MR) is 234 cm³/mol. The maximum Gasteiger partial charge on any atom is 2.00 e. The van der Waals surface area contributed by atoms with E-state index in [1.807, 2.05) is 6.21 Å². The quantitative estimate of drug-likeness (QED) is 0.0545. The van der Waals surface area contributed by atoms with Crippen LogP contribution < -0.4 is 0 Å². The fourth-order valence-corrected chi connectivity index (χ4v) is 6.66. The first-order chi connectivity index (χ1) is 24.8. The summed E-state index contributed by atoms with van der Waals surface area (Å²) in [7, 11) is 7.00. The van der Waals surface area contributed by atoms with Gasteiger partial charge in [0, 0.05) is 6.21 Å². The van der Waals surface area contributed by atoms with Crippen LogP contribution >= 0.6 is 0 Å². The van der Waals surface area contributed by atoms with Gasteiger partial charge < -0.3 is 10.6 Å². The van der Waals surface area contributed by atoms with Crippen LogP contribution in [0.25, 0.3) is 10.6 Å². The number of unbranched alkanes of at least 4 members (excludes halogenated alkanes) is 12. The van der Waals surface area contributed by atoms with E-state index in [2.05, 4.69) is 83.4 Å². The van der Waals surface area contributed by atoms with Crippen LogP contribution in [0.2, 0.25) is 0 Å². The molecule has 0 spiro atoms. The summed E-state index contributed by atoms with van der Waals surface area (Å²) in [6.07, 6.45) is 29.8. The third-order valence-corrected chi connectivity index (χ3v) is 9.51. The van der Waals surface area contributed by atoms with Gasteiger partial charge in [0.2, 0.25) is 0 Å². The molecule has 0 N–H and O–H groups in total. The van der Waals surface area contributed by atoms with Crippen LogP contribution in [0.1, 0.15) is 184 Å². The first-order valence-electron chi connectivity index (χ1n) is 21.2. The fraction of sp³-hybridized carbons (Fsp3) is 0.702. The van der Waals surface area contributed by atoms with Gasteiger partial charge in [-0.05, 0) is 129 Å². The molecule has 0 aliphatic heterocycles. The van der Waals surface area contributed by atoms with Crippen LogP contribution in [-0.2, 0) is 52.5 Å². The van der Waals surface area contributed by atoms with E-state index in [1.165, 1.54) is 151 Å². The monoisotopic (exact) mass is 809 g/mol. The summed E-state index contributed by atoms with van der Waals surface area (Å²) < 4.78 is 0. The normalized spacial score (nSPS) is 11.2. The van der Waals surface area contributed by atoms with Crippen molar-refractivity contribution in [2.45, 2.75) is 190 Å². The van der Waals surface area contributed by atoms with Gasteiger partial charge in [0.25, 0.3) is 0 Å². The number of aryl methyl sites for hydroxylation is 4. The molecule has 52 heavy (non-hydrogen) atoms. The third-order valence-electron chi connectivity index (χ3n) is 9.51. The fourth-order valence-electron chi connectivity index (χ4n) is 6.66. The summed E-state index contributed by atoms with van der Waals surface area (Å²) in [5, 5.41) is 7.00. The molecule has 0 heterocycles. The molecular formula is C47H82N4Pd. The molecule has 0 amide bonds. The Morgan fingerprint density at radius 1 is 0.519 bits per heavy atom. The predicted octanol–water partition coefficient (Wildman–Crippen LogP) is 15.2. The molecule has 0 aromatic heterocycles. The summed E-state index contributed by atoms with van der Waals surface area (Å²) in [4.78, 5) is 10.2. The number of benzene rings is 2. The summed E-state index contributed by atoms with van der Waals surface area (Å²) in [5.41, 5.74) is 12.4. The van der Waals surface area contributed by atoms with Crippen molar-refractivity contribution in [3.63, 3.8) is 0 Å². The van der Waals surface area contributed by atoms with E-state index in [0.717, 1.165) is 29.9 Å². The molecule has 2 aromatic carbocycles. The Hall–Kier alpha value is -1.64. The minimum Gasteiger partial charge on any atom is -0.668 e. The zero-order chi connectivity index (χ0) is 38.1. The van der Waals surface area contributed by atoms with Gasteiger partial charge in [0.15, 0.2) is 0 Å². The number of hydrogen-bond acceptors (Lipinski definition) is 2. The SMILES string of the molecule is CCCCCCCCc1c(C)cc(N=C(C=Nc2cc(CC)c(CCCC)c(CCCCCC)c2)CC)cc1CCCCCC.C[N-]C.C[N-]C.[Pd+2]. The maximum absolute atomic E-state index is 5.19. The Labute approximate surface area is 338 Å². The third kappa shape index (κ3) is 23.9. The average Bonchev–Trinajstić information content (AvgIpc) is 3.12. The smallest absolute Gasteiger partial charge is 0.668 e. The second-order valence-electron chi connectivity index (χ2n) is 14.3. The average molecular weight is 810 g/mol. The van der Waals surface area contributed by atoms with E-state index in [0.29, 0.717) is 0 Å². The van der Waals surface area contributed by atoms with Crippen LogP contribution in [-0.4, -0.2) is 40.1 Å². The molecule has 4 nitrogen and oxygen atoms in total. The Bertz CT molecular complexity index is 1180. The van der Waals surface area contributed by atoms with E-state index in [4.69, 9.17) is 9.98 Å². The summed E-state index contributed by atoms with van der Waals surface area (Å²) in [6, 6.07) is 9.47. The van der Waals surface area contributed by atoms with E-state index < -0.39 is 0 Å². The second kappa shape index (κ2) is 36.3. The Morgan fingerprint density at radius 2 is 0.942 bits per heavy atom.